The van der Waals surface area contributed by atoms with Crippen LogP contribution < -0.4 is 0 Å². The summed E-state index contributed by atoms with van der Waals surface area (Å²) in [4.78, 5) is 30.1. The molecule has 434 valence electrons. The summed E-state index contributed by atoms with van der Waals surface area (Å²) in [6.07, 6.45) is -4.24. The maximum Gasteiger partial charge on any atom is 0.416 e. The highest BCUT2D eigenvalue weighted by atomic mass is 19.4. The van der Waals surface area contributed by atoms with Crippen LogP contribution in [0.1, 0.15) is 169 Å². The SMILES string of the molecule is CC(C)(C)c1c(F)c(F)c(F)c(F)c1F.CC(C)(C)c1ccc(C#N)cc1.CC(C)(C)c1ccc(C(F)(F)F)cc1.CC(C)(C)c1ccc([N+](=O)[O-])cc1.CC(C)(C)c1ccc([N+](=O)[O-])cc1[N+](=O)[O-].CC(C)(C)c1ccccc1. The normalized spacial score (nSPS) is 11.7. The Hall–Kier alpha value is -7.55. The quantitative estimate of drug-likeness (QED) is 0.0562. The van der Waals surface area contributed by atoms with Gasteiger partial charge in [0.05, 0.1) is 38.0 Å². The third kappa shape index (κ3) is 22.3. The predicted molar refractivity (Wildman–Crippen MR) is 300 cm³/mol. The Labute approximate surface area is 465 Å². The summed E-state index contributed by atoms with van der Waals surface area (Å²) in [6.45, 7) is 34.9. The third-order valence-corrected chi connectivity index (χ3v) is 11.7. The summed E-state index contributed by atoms with van der Waals surface area (Å²) < 4.78 is 101. The van der Waals surface area contributed by atoms with E-state index in [1.807, 2.05) is 65.8 Å². The van der Waals surface area contributed by atoms with Crippen molar-refractivity contribution in [1.82, 2.24) is 0 Å². The minimum Gasteiger partial charge on any atom is -0.258 e. The molecule has 0 heterocycles. The van der Waals surface area contributed by atoms with Crippen molar-refractivity contribution in [3.05, 3.63) is 225 Å². The fraction of sp³-hybridized carbons (Fsp3) is 0.403. The van der Waals surface area contributed by atoms with E-state index in [0.29, 0.717) is 11.0 Å². The molecule has 6 aromatic rings. The first-order valence-corrected chi connectivity index (χ1v) is 25.1. The van der Waals surface area contributed by atoms with Gasteiger partial charge in [-0.15, -0.1) is 0 Å². The molecule has 0 spiro atoms. The van der Waals surface area contributed by atoms with Gasteiger partial charge in [-0.3, -0.25) is 30.3 Å². The Morgan fingerprint density at radius 1 is 0.375 bits per heavy atom. The third-order valence-electron chi connectivity index (χ3n) is 11.7. The van der Waals surface area contributed by atoms with E-state index >= 15 is 0 Å². The van der Waals surface area contributed by atoms with Gasteiger partial charge in [-0.2, -0.15) is 18.4 Å². The van der Waals surface area contributed by atoms with Gasteiger partial charge in [0, 0.05) is 29.3 Å². The van der Waals surface area contributed by atoms with Crippen LogP contribution in [-0.2, 0) is 38.7 Å². The Morgan fingerprint density at radius 3 is 0.975 bits per heavy atom. The van der Waals surface area contributed by atoms with Crippen LogP contribution in [-0.4, -0.2) is 14.8 Å². The molecule has 0 aliphatic heterocycles. The van der Waals surface area contributed by atoms with Crippen LogP contribution in [0.5, 0.6) is 0 Å². The van der Waals surface area contributed by atoms with E-state index in [1.165, 1.54) is 56.2 Å². The number of nitriles is 1. The van der Waals surface area contributed by atoms with E-state index in [0.717, 1.165) is 34.9 Å². The molecule has 6 rings (SSSR count). The summed E-state index contributed by atoms with van der Waals surface area (Å²) in [5, 5.41) is 40.3. The van der Waals surface area contributed by atoms with E-state index in [4.69, 9.17) is 5.26 Å². The average molecular weight is 1120 g/mol. The lowest BCUT2D eigenvalue weighted by atomic mass is 9.86. The van der Waals surface area contributed by atoms with Gasteiger partial charge < -0.3 is 0 Å². The van der Waals surface area contributed by atoms with E-state index in [-0.39, 0.29) is 38.2 Å². The van der Waals surface area contributed by atoms with E-state index in [2.05, 4.69) is 98.7 Å². The molecule has 0 aliphatic rings. The first kappa shape index (κ1) is 70.5. The van der Waals surface area contributed by atoms with Gasteiger partial charge >= 0.3 is 6.18 Å². The van der Waals surface area contributed by atoms with Gasteiger partial charge in [-0.25, -0.2) is 22.0 Å². The van der Waals surface area contributed by atoms with Crippen LogP contribution >= 0.6 is 0 Å². The maximum atomic E-state index is 13.2. The van der Waals surface area contributed by atoms with Crippen molar-refractivity contribution in [1.29, 1.82) is 5.26 Å². The zero-order valence-corrected chi connectivity index (χ0v) is 48.8. The lowest BCUT2D eigenvalue weighted by molar-refractivity contribution is -0.394. The number of hydrogen-bond donors (Lipinski definition) is 0. The molecule has 0 saturated carbocycles. The Balaban J connectivity index is 0.000000482. The summed E-state index contributed by atoms with van der Waals surface area (Å²) in [6, 6.07) is 36.1. The van der Waals surface area contributed by atoms with Gasteiger partial charge in [-0.1, -0.05) is 191 Å². The van der Waals surface area contributed by atoms with Crippen molar-refractivity contribution in [3.8, 4) is 6.07 Å². The number of rotatable bonds is 3. The van der Waals surface area contributed by atoms with Crippen LogP contribution in [0.15, 0.2) is 121 Å². The maximum absolute atomic E-state index is 13.2. The number of hydrogen-bond acceptors (Lipinski definition) is 7. The molecule has 0 bridgehead atoms. The fourth-order valence-corrected chi connectivity index (χ4v) is 6.91. The van der Waals surface area contributed by atoms with Gasteiger partial charge in [0.25, 0.3) is 17.1 Å². The highest BCUT2D eigenvalue weighted by Gasteiger charge is 2.33. The summed E-state index contributed by atoms with van der Waals surface area (Å²) in [5.74, 6) is -9.46. The Kier molecular flexibility index (Phi) is 24.7. The molecule has 0 amide bonds. The monoisotopic (exact) mass is 1120 g/mol. The van der Waals surface area contributed by atoms with Crippen molar-refractivity contribution in [2.24, 2.45) is 0 Å². The number of benzene rings is 6. The molecule has 0 aliphatic carbocycles. The second-order valence-electron chi connectivity index (χ2n) is 24.6. The van der Waals surface area contributed by atoms with E-state index < -0.39 is 67.1 Å². The number of alkyl halides is 3. The van der Waals surface area contributed by atoms with Gasteiger partial charge in [-0.05, 0) is 85.1 Å². The molecule has 6 aromatic carbocycles. The van der Waals surface area contributed by atoms with Crippen LogP contribution in [0.2, 0.25) is 0 Å². The zero-order chi connectivity index (χ0) is 62.3. The Morgan fingerprint density at radius 2 is 0.688 bits per heavy atom. The van der Waals surface area contributed by atoms with Gasteiger partial charge in [0.15, 0.2) is 23.3 Å². The molecule has 10 nitrogen and oxygen atoms in total. The smallest absolute Gasteiger partial charge is 0.258 e. The molecule has 0 aromatic heterocycles. The molecule has 18 heteroatoms. The molecule has 0 saturated heterocycles. The second kappa shape index (κ2) is 28.0. The van der Waals surface area contributed by atoms with Crippen molar-refractivity contribution < 1.29 is 49.9 Å². The first-order valence-electron chi connectivity index (χ1n) is 25.1. The first-order chi connectivity index (χ1) is 36.2. The number of nitrogens with zero attached hydrogens (tertiary/aromatic N) is 4. The van der Waals surface area contributed by atoms with Gasteiger partial charge in [0.1, 0.15) is 0 Å². The van der Waals surface area contributed by atoms with Crippen molar-refractivity contribution >= 4 is 17.1 Å². The molecular formula is C62H74F8N4O6. The van der Waals surface area contributed by atoms with Crippen LogP contribution in [0.3, 0.4) is 0 Å². The lowest BCUT2D eigenvalue weighted by Crippen LogP contribution is -2.20. The number of nitro groups is 3. The fourth-order valence-electron chi connectivity index (χ4n) is 6.91. The molecule has 0 radical (unpaired) electrons. The van der Waals surface area contributed by atoms with Crippen LogP contribution in [0, 0.1) is 70.8 Å². The molecule has 0 N–H and O–H groups in total. The number of nitro benzene ring substituents is 3. The average Bonchev–Trinajstić information content (AvgIpc) is 3.34. The van der Waals surface area contributed by atoms with E-state index in [1.54, 1.807) is 24.3 Å². The molecule has 80 heavy (non-hydrogen) atoms. The lowest BCUT2D eigenvalue weighted by Gasteiger charge is -2.21. The Bertz CT molecular complexity index is 2980. The molecule has 0 fully saturated rings. The summed E-state index contributed by atoms with van der Waals surface area (Å²) in [5.41, 5.74) is 3.03. The summed E-state index contributed by atoms with van der Waals surface area (Å²) in [7, 11) is 0. The molecule has 0 atom stereocenters. The van der Waals surface area contributed by atoms with Crippen molar-refractivity contribution in [2.45, 2.75) is 163 Å². The highest BCUT2D eigenvalue weighted by Crippen LogP contribution is 2.35. The standard InChI is InChI=1S/C11H13F3.C11H13N.C10H9F5.C10H12N2O4.C10H13NO2.C10H14/c1-10(2,3)8-4-6-9(7-5-8)11(12,13)14;1-11(2,3)10-6-4-9(8-12)5-7-10;1-10(2,3)4-5(11)7(13)9(15)8(14)6(4)12;1-10(2,3)8-5-4-7(11(13)14)6-9(8)12(15)16;1-10(2,3)8-4-6-9(7-5-8)11(12)13;1-10(2,3)9-7-5-4-6-8-9/h4-7H,1-3H3;4-7H,1-3H3;1-3H3;4-6H,1-3H3;4-7H,1-3H3;4-8H,1-3H3. The van der Waals surface area contributed by atoms with Crippen molar-refractivity contribution in [2.75, 3.05) is 0 Å². The largest absolute Gasteiger partial charge is 0.416 e. The molecule has 0 unspecified atom stereocenters. The number of non-ortho nitro benzene ring substituents is 2. The summed E-state index contributed by atoms with van der Waals surface area (Å²) >= 11 is 0. The predicted octanol–water partition coefficient (Wildman–Crippen LogP) is 19.2. The second-order valence-corrected chi connectivity index (χ2v) is 24.6. The van der Waals surface area contributed by atoms with E-state index in [9.17, 15) is 65.5 Å². The zero-order valence-electron chi connectivity index (χ0n) is 48.8. The van der Waals surface area contributed by atoms with Crippen LogP contribution in [0.4, 0.5) is 52.2 Å². The minimum atomic E-state index is -4.24. The molecular weight excluding hydrogens is 1050 g/mol. The minimum absolute atomic E-state index is 0.0507. The van der Waals surface area contributed by atoms with Crippen molar-refractivity contribution in [3.63, 3.8) is 0 Å². The number of halogens is 8. The highest BCUT2D eigenvalue weighted by molar-refractivity contribution is 5.52. The topological polar surface area (TPSA) is 153 Å². The van der Waals surface area contributed by atoms with Crippen LogP contribution in [0.25, 0.3) is 0 Å². The van der Waals surface area contributed by atoms with Gasteiger partial charge in [0.2, 0.25) is 5.82 Å².